The largest absolute Gasteiger partial charge is 0.497 e. The molecule has 0 saturated carbocycles. The maximum Gasteiger partial charge on any atom is 0.132 e. The van der Waals surface area contributed by atoms with Crippen LogP contribution < -0.4 is 10.1 Å². The van der Waals surface area contributed by atoms with E-state index in [1.807, 2.05) is 0 Å². The van der Waals surface area contributed by atoms with Crippen molar-refractivity contribution in [2.24, 2.45) is 0 Å². The van der Waals surface area contributed by atoms with Crippen molar-refractivity contribution in [1.29, 1.82) is 0 Å². The van der Waals surface area contributed by atoms with Crippen molar-refractivity contribution in [2.45, 2.75) is 6.10 Å². The summed E-state index contributed by atoms with van der Waals surface area (Å²) in [6.07, 6.45) is -0.246. The quantitative estimate of drug-likeness (QED) is 0.741. The van der Waals surface area contributed by atoms with Crippen molar-refractivity contribution >= 4 is 0 Å². The number of hydrogen-bond acceptors (Lipinski definition) is 2. The molecule has 2 rings (SSSR count). The van der Waals surface area contributed by atoms with E-state index < -0.39 is 0 Å². The summed E-state index contributed by atoms with van der Waals surface area (Å²) in [5.41, 5.74) is 0.555. The van der Waals surface area contributed by atoms with Crippen LogP contribution in [0.5, 0.6) is 5.75 Å². The topological polar surface area (TPSA) is 32.6 Å². The highest BCUT2D eigenvalue weighted by atomic mass is 19.1. The highest BCUT2D eigenvalue weighted by molar-refractivity contribution is 5.30. The fraction of sp³-hybridized carbons (Fsp3) is 0.455. The van der Waals surface area contributed by atoms with E-state index in [9.17, 15) is 4.39 Å². The third-order valence-corrected chi connectivity index (χ3v) is 2.42. The average Bonchev–Trinajstić information content (AvgIpc) is 2.30. The molecule has 0 spiro atoms. The molecule has 4 heteroatoms. The minimum atomic E-state index is -0.295. The predicted octanol–water partition coefficient (Wildman–Crippen LogP) is 1.51. The molecule has 0 bridgehead atoms. The summed E-state index contributed by atoms with van der Waals surface area (Å²) in [5, 5.41) is 4.20. The van der Waals surface area contributed by atoms with E-state index in [1.54, 1.807) is 12.1 Å². The second-order valence-electron chi connectivity index (χ2n) is 3.38. The highest BCUT2D eigenvalue weighted by Gasteiger charge is 2.19. The van der Waals surface area contributed by atoms with Gasteiger partial charge in [-0.1, -0.05) is 0 Å². The molecule has 1 aliphatic rings. The lowest BCUT2D eigenvalue weighted by Crippen LogP contribution is -2.28. The Labute approximate surface area is 88.2 Å². The predicted molar refractivity (Wildman–Crippen MR) is 53.5 cm³/mol. The van der Waals surface area contributed by atoms with Crippen LogP contribution in [-0.4, -0.2) is 26.8 Å². The zero-order valence-corrected chi connectivity index (χ0v) is 8.57. The first-order chi connectivity index (χ1) is 7.31. The fourth-order valence-electron chi connectivity index (χ4n) is 1.60. The van der Waals surface area contributed by atoms with Crippen LogP contribution in [0, 0.1) is 5.82 Å². The third-order valence-electron chi connectivity index (χ3n) is 2.42. The van der Waals surface area contributed by atoms with Gasteiger partial charge in [0.05, 0.1) is 19.8 Å². The van der Waals surface area contributed by atoms with Gasteiger partial charge in [-0.2, -0.15) is 0 Å². The first kappa shape index (κ1) is 10.4. The molecule has 1 aromatic rings. The molecular formula is C11H13FNO2. The molecule has 1 aliphatic heterocycles. The summed E-state index contributed by atoms with van der Waals surface area (Å²) in [5.74, 6) is 0.223. The molecule has 1 radical (unpaired) electrons. The van der Waals surface area contributed by atoms with Crippen molar-refractivity contribution in [3.8, 4) is 5.75 Å². The number of hydrogen-bond donors (Lipinski definition) is 0. The normalized spacial score (nSPS) is 21.3. The van der Waals surface area contributed by atoms with Gasteiger partial charge in [-0.05, 0) is 12.1 Å². The number of morpholine rings is 1. The SMILES string of the molecule is COc1ccc([C@H]2C[N]CCO2)c(F)c1. The summed E-state index contributed by atoms with van der Waals surface area (Å²) in [6.45, 7) is 1.80. The molecule has 1 heterocycles. The summed E-state index contributed by atoms with van der Waals surface area (Å²) >= 11 is 0. The number of benzene rings is 1. The van der Waals surface area contributed by atoms with E-state index in [0.29, 0.717) is 31.0 Å². The Bertz CT molecular complexity index is 337. The van der Waals surface area contributed by atoms with Crippen molar-refractivity contribution in [3.63, 3.8) is 0 Å². The zero-order chi connectivity index (χ0) is 10.7. The van der Waals surface area contributed by atoms with Crippen LogP contribution in [0.1, 0.15) is 11.7 Å². The molecule has 81 valence electrons. The maximum atomic E-state index is 13.6. The van der Waals surface area contributed by atoms with Gasteiger partial charge in [0.2, 0.25) is 0 Å². The van der Waals surface area contributed by atoms with Crippen LogP contribution in [0.2, 0.25) is 0 Å². The Kier molecular flexibility index (Phi) is 3.18. The van der Waals surface area contributed by atoms with Gasteiger partial charge in [-0.25, -0.2) is 9.71 Å². The van der Waals surface area contributed by atoms with E-state index in [1.165, 1.54) is 13.2 Å². The number of ether oxygens (including phenoxy) is 2. The van der Waals surface area contributed by atoms with E-state index in [4.69, 9.17) is 9.47 Å². The Morgan fingerprint density at radius 3 is 3.00 bits per heavy atom. The highest BCUT2D eigenvalue weighted by Crippen LogP contribution is 2.25. The Morgan fingerprint density at radius 1 is 1.53 bits per heavy atom. The van der Waals surface area contributed by atoms with Crippen LogP contribution in [0.25, 0.3) is 0 Å². The monoisotopic (exact) mass is 210 g/mol. The van der Waals surface area contributed by atoms with Gasteiger partial charge in [0, 0.05) is 24.7 Å². The van der Waals surface area contributed by atoms with Crippen molar-refractivity contribution in [1.82, 2.24) is 5.32 Å². The molecule has 0 amide bonds. The van der Waals surface area contributed by atoms with Crippen LogP contribution in [-0.2, 0) is 4.74 Å². The molecular weight excluding hydrogens is 197 g/mol. The molecule has 1 aromatic carbocycles. The van der Waals surface area contributed by atoms with Gasteiger partial charge in [-0.15, -0.1) is 0 Å². The molecule has 0 aromatic heterocycles. The van der Waals surface area contributed by atoms with Crippen LogP contribution in [0.15, 0.2) is 18.2 Å². The first-order valence-electron chi connectivity index (χ1n) is 4.89. The summed E-state index contributed by atoms with van der Waals surface area (Å²) < 4.78 is 24.0. The molecule has 0 aliphatic carbocycles. The number of methoxy groups -OCH3 is 1. The minimum absolute atomic E-state index is 0.246. The summed E-state index contributed by atoms with van der Waals surface area (Å²) in [4.78, 5) is 0. The molecule has 1 atom stereocenters. The molecule has 15 heavy (non-hydrogen) atoms. The van der Waals surface area contributed by atoms with Crippen molar-refractivity contribution in [3.05, 3.63) is 29.6 Å². The van der Waals surface area contributed by atoms with Gasteiger partial charge in [0.25, 0.3) is 0 Å². The smallest absolute Gasteiger partial charge is 0.132 e. The summed E-state index contributed by atoms with van der Waals surface area (Å²) in [7, 11) is 1.51. The van der Waals surface area contributed by atoms with Crippen LogP contribution in [0.4, 0.5) is 4.39 Å². The second-order valence-corrected chi connectivity index (χ2v) is 3.38. The standard InChI is InChI=1S/C11H13FNO2/c1-14-8-2-3-9(10(12)6-8)11-7-13-4-5-15-11/h2-3,6,11H,4-5,7H2,1H3/t11-/m1/s1. The average molecular weight is 210 g/mol. The number of halogens is 1. The van der Waals surface area contributed by atoms with E-state index in [0.717, 1.165) is 0 Å². The second kappa shape index (κ2) is 4.59. The Hall–Kier alpha value is -1.13. The number of nitrogens with zero attached hydrogens (tertiary/aromatic N) is 1. The van der Waals surface area contributed by atoms with E-state index in [2.05, 4.69) is 5.32 Å². The minimum Gasteiger partial charge on any atom is -0.497 e. The molecule has 1 fully saturated rings. The summed E-state index contributed by atoms with van der Waals surface area (Å²) in [6, 6.07) is 4.79. The van der Waals surface area contributed by atoms with Gasteiger partial charge in [0.1, 0.15) is 11.6 Å². The molecule has 0 N–H and O–H groups in total. The van der Waals surface area contributed by atoms with Crippen molar-refractivity contribution in [2.75, 3.05) is 26.8 Å². The van der Waals surface area contributed by atoms with Crippen LogP contribution >= 0.6 is 0 Å². The number of rotatable bonds is 2. The van der Waals surface area contributed by atoms with Gasteiger partial charge < -0.3 is 9.47 Å². The lowest BCUT2D eigenvalue weighted by Gasteiger charge is -2.23. The Morgan fingerprint density at radius 2 is 2.40 bits per heavy atom. The third kappa shape index (κ3) is 2.27. The molecule has 0 unspecified atom stereocenters. The zero-order valence-electron chi connectivity index (χ0n) is 8.57. The van der Waals surface area contributed by atoms with Gasteiger partial charge >= 0.3 is 0 Å². The maximum absolute atomic E-state index is 13.6. The van der Waals surface area contributed by atoms with Gasteiger partial charge in [-0.3, -0.25) is 0 Å². The van der Waals surface area contributed by atoms with Crippen molar-refractivity contribution < 1.29 is 13.9 Å². The van der Waals surface area contributed by atoms with E-state index in [-0.39, 0.29) is 11.9 Å². The van der Waals surface area contributed by atoms with E-state index >= 15 is 0 Å². The molecule has 1 saturated heterocycles. The van der Waals surface area contributed by atoms with Gasteiger partial charge in [0.15, 0.2) is 0 Å². The fourth-order valence-corrected chi connectivity index (χ4v) is 1.60. The lowest BCUT2D eigenvalue weighted by molar-refractivity contribution is 0.0239. The lowest BCUT2D eigenvalue weighted by atomic mass is 10.1. The Balaban J connectivity index is 2.19. The van der Waals surface area contributed by atoms with Crippen LogP contribution in [0.3, 0.4) is 0 Å². The first-order valence-corrected chi connectivity index (χ1v) is 4.89. The molecule has 3 nitrogen and oxygen atoms in total.